The summed E-state index contributed by atoms with van der Waals surface area (Å²) in [5.74, 6) is 1.65. The smallest absolute Gasteiger partial charge is 0.159 e. The van der Waals surface area contributed by atoms with Crippen LogP contribution in [-0.2, 0) is 5.41 Å². The average Bonchev–Trinajstić information content (AvgIpc) is 3.77. The third-order valence-electron chi connectivity index (χ3n) is 13.9. The largest absolute Gasteiger partial charge is 0.456 e. The standard InChI is InChI=1S/C61H37NO2/c1-2-17-38(18-3-1)62(56-30-16-27-48-42-21-6-5-20-41(42)46-25-10-15-32-58(46)64-60(48)56)39-33-34-54-49(35-39)43-22-7-4-19-40(43)44-23-8-12-28-52(44)61(54)53-29-13-9-24-45(53)50-37-59-51(36-55(50)61)47-26-11-14-31-57(47)63-59/h1-37H. The number of furan rings is 1. The number of anilines is 3. The average molecular weight is 816 g/mol. The second-order valence-electron chi connectivity index (χ2n) is 17.1. The Balaban J connectivity index is 1.08. The summed E-state index contributed by atoms with van der Waals surface area (Å²) in [4.78, 5) is 2.38. The SMILES string of the molecule is c1ccc(N(c2ccc3c(c2)-c2ccccc2-c2ccccc2C32c3ccccc3-c3cc4oc5ccccc5c4cc32)c2cccc3c2Oc2ccccc2-c2ccccc2-3)cc1. The molecule has 0 saturated heterocycles. The first-order valence-corrected chi connectivity index (χ1v) is 22.0. The highest BCUT2D eigenvalue weighted by atomic mass is 16.5. The van der Waals surface area contributed by atoms with Crippen molar-refractivity contribution in [2.45, 2.75) is 5.41 Å². The van der Waals surface area contributed by atoms with Gasteiger partial charge in [0.1, 0.15) is 16.9 Å². The van der Waals surface area contributed by atoms with Crippen LogP contribution in [0.25, 0.3) is 77.6 Å². The summed E-state index contributed by atoms with van der Waals surface area (Å²) in [7, 11) is 0. The van der Waals surface area contributed by atoms with E-state index in [9.17, 15) is 0 Å². The number of hydrogen-bond acceptors (Lipinski definition) is 3. The molecular formula is C61H37NO2. The highest BCUT2D eigenvalue weighted by Crippen LogP contribution is 2.63. The van der Waals surface area contributed by atoms with Crippen LogP contribution in [0.4, 0.5) is 17.1 Å². The minimum atomic E-state index is -0.653. The van der Waals surface area contributed by atoms with Crippen molar-refractivity contribution in [3.8, 4) is 67.1 Å². The van der Waals surface area contributed by atoms with Gasteiger partial charge >= 0.3 is 0 Å². The molecule has 0 N–H and O–H groups in total. The summed E-state index contributed by atoms with van der Waals surface area (Å²) in [6.45, 7) is 0. The van der Waals surface area contributed by atoms with Gasteiger partial charge in [-0.25, -0.2) is 0 Å². The molecule has 64 heavy (non-hydrogen) atoms. The number of fused-ring (bicyclic) bond motifs is 20. The van der Waals surface area contributed by atoms with Gasteiger partial charge in [-0.1, -0.05) is 170 Å². The summed E-state index contributed by atoms with van der Waals surface area (Å²) < 4.78 is 13.7. The highest BCUT2D eigenvalue weighted by Gasteiger charge is 2.50. The maximum Gasteiger partial charge on any atom is 0.159 e. The minimum absolute atomic E-state index is 0.653. The first-order chi connectivity index (χ1) is 31.8. The van der Waals surface area contributed by atoms with Crippen molar-refractivity contribution in [3.63, 3.8) is 0 Å². The molecule has 0 radical (unpaired) electrons. The molecule has 2 aliphatic carbocycles. The van der Waals surface area contributed by atoms with Gasteiger partial charge in [-0.15, -0.1) is 0 Å². The van der Waals surface area contributed by atoms with E-state index in [-0.39, 0.29) is 0 Å². The van der Waals surface area contributed by atoms with Crippen molar-refractivity contribution in [3.05, 3.63) is 247 Å². The van der Waals surface area contributed by atoms with E-state index in [1.54, 1.807) is 0 Å². The molecule has 1 unspecified atom stereocenters. The van der Waals surface area contributed by atoms with Crippen LogP contribution in [0.1, 0.15) is 22.3 Å². The van der Waals surface area contributed by atoms with Gasteiger partial charge < -0.3 is 14.1 Å². The molecule has 0 amide bonds. The lowest BCUT2D eigenvalue weighted by atomic mass is 9.65. The number of benzene rings is 10. The monoisotopic (exact) mass is 815 g/mol. The molecule has 3 heteroatoms. The topological polar surface area (TPSA) is 25.6 Å². The van der Waals surface area contributed by atoms with Gasteiger partial charge in [-0.05, 0) is 121 Å². The summed E-state index contributed by atoms with van der Waals surface area (Å²) in [5, 5.41) is 2.25. The van der Waals surface area contributed by atoms with E-state index in [0.717, 1.165) is 72.8 Å². The van der Waals surface area contributed by atoms with Crippen LogP contribution in [0.2, 0.25) is 0 Å². The zero-order chi connectivity index (χ0) is 41.9. The van der Waals surface area contributed by atoms with Gasteiger partial charge in [0.15, 0.2) is 5.75 Å². The minimum Gasteiger partial charge on any atom is -0.456 e. The second-order valence-corrected chi connectivity index (χ2v) is 17.1. The van der Waals surface area contributed by atoms with Crippen molar-refractivity contribution in [1.82, 2.24) is 0 Å². The third kappa shape index (κ3) is 4.76. The van der Waals surface area contributed by atoms with E-state index >= 15 is 0 Å². The van der Waals surface area contributed by atoms with Gasteiger partial charge in [0, 0.05) is 33.3 Å². The van der Waals surface area contributed by atoms with Crippen LogP contribution in [0.3, 0.4) is 0 Å². The van der Waals surface area contributed by atoms with Crippen molar-refractivity contribution < 1.29 is 9.15 Å². The molecule has 3 nitrogen and oxygen atoms in total. The zero-order valence-corrected chi connectivity index (χ0v) is 34.6. The van der Waals surface area contributed by atoms with Crippen LogP contribution in [0, 0.1) is 0 Å². The summed E-state index contributed by atoms with van der Waals surface area (Å²) in [6, 6.07) is 81.7. The number of nitrogens with zero attached hydrogens (tertiary/aromatic N) is 1. The molecule has 0 saturated carbocycles. The van der Waals surface area contributed by atoms with Crippen molar-refractivity contribution >= 4 is 39.0 Å². The van der Waals surface area contributed by atoms with E-state index in [4.69, 9.17) is 9.15 Å². The van der Waals surface area contributed by atoms with Crippen LogP contribution in [0.15, 0.2) is 229 Å². The first kappa shape index (κ1) is 35.2. The molecule has 0 bridgehead atoms. The van der Waals surface area contributed by atoms with Gasteiger partial charge in [-0.2, -0.15) is 0 Å². The van der Waals surface area contributed by atoms with Crippen LogP contribution >= 0.6 is 0 Å². The van der Waals surface area contributed by atoms with Gasteiger partial charge in [0.2, 0.25) is 0 Å². The molecule has 0 fully saturated rings. The van der Waals surface area contributed by atoms with Crippen LogP contribution < -0.4 is 9.64 Å². The summed E-state index contributed by atoms with van der Waals surface area (Å²) >= 11 is 0. The van der Waals surface area contributed by atoms with E-state index in [1.807, 2.05) is 0 Å². The Morgan fingerprint density at radius 3 is 1.62 bits per heavy atom. The molecule has 298 valence electrons. The number of para-hydroxylation sites is 4. The lowest BCUT2D eigenvalue weighted by molar-refractivity contribution is 0.489. The Labute approximate surface area is 370 Å². The maximum absolute atomic E-state index is 7.14. The van der Waals surface area contributed by atoms with Crippen molar-refractivity contribution in [1.29, 1.82) is 0 Å². The fourth-order valence-electron chi connectivity index (χ4n) is 11.3. The summed E-state index contributed by atoms with van der Waals surface area (Å²) in [6.07, 6.45) is 0. The van der Waals surface area contributed by atoms with E-state index < -0.39 is 5.41 Å². The fraction of sp³-hybridized carbons (Fsp3) is 0.0164. The fourth-order valence-corrected chi connectivity index (χ4v) is 11.3. The molecule has 10 aromatic carbocycles. The zero-order valence-electron chi connectivity index (χ0n) is 34.6. The van der Waals surface area contributed by atoms with E-state index in [0.29, 0.717) is 0 Å². The lowest BCUT2D eigenvalue weighted by Crippen LogP contribution is -2.29. The molecule has 3 aliphatic rings. The lowest BCUT2D eigenvalue weighted by Gasteiger charge is -2.36. The molecule has 11 aromatic rings. The first-order valence-electron chi connectivity index (χ1n) is 22.0. The molecular weight excluding hydrogens is 779 g/mol. The molecule has 1 atom stereocenters. The Morgan fingerprint density at radius 1 is 0.312 bits per heavy atom. The predicted molar refractivity (Wildman–Crippen MR) is 261 cm³/mol. The van der Waals surface area contributed by atoms with Crippen molar-refractivity contribution in [2.24, 2.45) is 0 Å². The van der Waals surface area contributed by atoms with E-state index in [1.165, 1.54) is 55.6 Å². The van der Waals surface area contributed by atoms with Gasteiger partial charge in [0.05, 0.1) is 11.1 Å². The second kappa shape index (κ2) is 13.3. The normalized spacial score (nSPS) is 14.8. The van der Waals surface area contributed by atoms with Crippen molar-refractivity contribution in [2.75, 3.05) is 4.90 Å². The highest BCUT2D eigenvalue weighted by molar-refractivity contribution is 6.09. The third-order valence-corrected chi connectivity index (χ3v) is 13.9. The molecule has 14 rings (SSSR count). The molecule has 1 spiro atoms. The Morgan fingerprint density at radius 2 is 0.859 bits per heavy atom. The molecule has 1 aromatic heterocycles. The predicted octanol–water partition coefficient (Wildman–Crippen LogP) is 16.5. The number of hydrogen-bond donors (Lipinski definition) is 0. The van der Waals surface area contributed by atoms with Gasteiger partial charge in [0.25, 0.3) is 0 Å². The Hall–Kier alpha value is -8.40. The Kier molecular flexibility index (Phi) is 7.32. The maximum atomic E-state index is 7.14. The Bertz CT molecular complexity index is 3730. The number of rotatable bonds is 3. The molecule has 1 aliphatic heterocycles. The molecule has 2 heterocycles. The van der Waals surface area contributed by atoms with Gasteiger partial charge in [-0.3, -0.25) is 0 Å². The quantitative estimate of drug-likeness (QED) is 0.178. The van der Waals surface area contributed by atoms with E-state index in [2.05, 4.69) is 229 Å². The summed E-state index contributed by atoms with van der Waals surface area (Å²) in [5.41, 5.74) is 20.9. The number of ether oxygens (including phenoxy) is 1. The van der Waals surface area contributed by atoms with Crippen LogP contribution in [0.5, 0.6) is 11.5 Å². The van der Waals surface area contributed by atoms with Crippen LogP contribution in [-0.4, -0.2) is 0 Å².